The van der Waals surface area contributed by atoms with Crippen LogP contribution >= 0.6 is 11.6 Å². The second-order valence-electron chi connectivity index (χ2n) is 3.00. The molecule has 0 aliphatic heterocycles. The fraction of sp³-hybridized carbons (Fsp3) is 0.333. The Kier molecular flexibility index (Phi) is 5.05. The molecule has 0 aromatic heterocycles. The zero-order chi connectivity index (χ0) is 11.1. The van der Waals surface area contributed by atoms with Gasteiger partial charge in [0.25, 0.3) is 0 Å². The van der Waals surface area contributed by atoms with Crippen molar-refractivity contribution in [2.24, 2.45) is 0 Å². The van der Waals surface area contributed by atoms with Gasteiger partial charge in [-0.25, -0.2) is 0 Å². The summed E-state index contributed by atoms with van der Waals surface area (Å²) in [5.41, 5.74) is 1.07. The second kappa shape index (κ2) is 6.36. The maximum atomic E-state index is 5.92. The second-order valence-corrected chi connectivity index (χ2v) is 3.43. The van der Waals surface area contributed by atoms with E-state index in [4.69, 9.17) is 21.1 Å². The summed E-state index contributed by atoms with van der Waals surface area (Å²) < 4.78 is 10.3. The van der Waals surface area contributed by atoms with Crippen molar-refractivity contribution in [3.05, 3.63) is 41.1 Å². The summed E-state index contributed by atoms with van der Waals surface area (Å²) in [6.07, 6.45) is 4.33. The van der Waals surface area contributed by atoms with E-state index in [0.29, 0.717) is 6.61 Å². The van der Waals surface area contributed by atoms with Crippen LogP contribution in [-0.2, 0) is 11.2 Å². The lowest BCUT2D eigenvalue weighted by Crippen LogP contribution is -1.95. The first-order chi connectivity index (χ1) is 7.27. The van der Waals surface area contributed by atoms with E-state index >= 15 is 0 Å². The summed E-state index contributed by atoms with van der Waals surface area (Å²) in [6.45, 7) is 2.62. The predicted octanol–water partition coefficient (Wildman–Crippen LogP) is 3.44. The molecule has 0 spiro atoms. The maximum absolute atomic E-state index is 5.92. The highest BCUT2D eigenvalue weighted by atomic mass is 35.5. The van der Waals surface area contributed by atoms with E-state index in [1.54, 1.807) is 13.4 Å². The Labute approximate surface area is 95.5 Å². The predicted molar refractivity (Wildman–Crippen MR) is 62.5 cm³/mol. The van der Waals surface area contributed by atoms with Crippen molar-refractivity contribution in [2.45, 2.75) is 13.3 Å². The van der Waals surface area contributed by atoms with Gasteiger partial charge in [0.05, 0.1) is 20.0 Å². The molecule has 1 rings (SSSR count). The molecule has 0 heterocycles. The first-order valence-electron chi connectivity index (χ1n) is 4.87. The maximum Gasteiger partial charge on any atom is 0.122 e. The first kappa shape index (κ1) is 11.9. The molecule has 0 fully saturated rings. The molecule has 0 unspecified atom stereocenters. The average Bonchev–Trinajstić information content (AvgIpc) is 2.22. The highest BCUT2D eigenvalue weighted by Crippen LogP contribution is 2.23. The van der Waals surface area contributed by atoms with Gasteiger partial charge in [-0.05, 0) is 43.2 Å². The largest absolute Gasteiger partial charge is 0.505 e. The van der Waals surface area contributed by atoms with Gasteiger partial charge in [-0.2, -0.15) is 0 Å². The van der Waals surface area contributed by atoms with E-state index in [-0.39, 0.29) is 0 Å². The van der Waals surface area contributed by atoms with Crippen LogP contribution in [0.15, 0.2) is 30.5 Å². The van der Waals surface area contributed by atoms with Crippen molar-refractivity contribution in [1.29, 1.82) is 0 Å². The van der Waals surface area contributed by atoms with Crippen molar-refractivity contribution in [1.82, 2.24) is 0 Å². The van der Waals surface area contributed by atoms with Crippen LogP contribution in [0.5, 0.6) is 5.75 Å². The Hall–Kier alpha value is -1.15. The summed E-state index contributed by atoms with van der Waals surface area (Å²) in [6, 6.07) is 5.63. The molecule has 0 aliphatic carbocycles. The Balaban J connectivity index is 2.81. The van der Waals surface area contributed by atoms with Crippen molar-refractivity contribution >= 4 is 11.6 Å². The molecule has 0 saturated carbocycles. The molecule has 0 atom stereocenters. The van der Waals surface area contributed by atoms with Crippen LogP contribution in [0.3, 0.4) is 0 Å². The topological polar surface area (TPSA) is 18.5 Å². The van der Waals surface area contributed by atoms with E-state index in [9.17, 15) is 0 Å². The van der Waals surface area contributed by atoms with Gasteiger partial charge in [-0.3, -0.25) is 0 Å². The van der Waals surface area contributed by atoms with Crippen molar-refractivity contribution in [2.75, 3.05) is 13.7 Å². The van der Waals surface area contributed by atoms with Crippen molar-refractivity contribution < 1.29 is 9.47 Å². The Morgan fingerprint density at radius 2 is 2.20 bits per heavy atom. The van der Waals surface area contributed by atoms with Crippen LogP contribution in [0.25, 0.3) is 0 Å². The smallest absolute Gasteiger partial charge is 0.122 e. The summed E-state index contributed by atoms with van der Waals surface area (Å²) in [5.74, 6) is 0.877. The van der Waals surface area contributed by atoms with E-state index in [1.807, 2.05) is 31.2 Å². The standard InChI is InChI=1S/C12H15ClO2/c1-3-15-12-7-6-11(13)9-10(12)5-4-8-14-2/h4,6-9H,3,5H2,1-2H3/b8-4+. The molecule has 0 aliphatic rings. The third-order valence-electron chi connectivity index (χ3n) is 1.89. The van der Waals surface area contributed by atoms with Crippen LogP contribution in [0, 0.1) is 0 Å². The lowest BCUT2D eigenvalue weighted by atomic mass is 10.1. The summed E-state index contributed by atoms with van der Waals surface area (Å²) in [7, 11) is 1.62. The molecule has 1 aromatic carbocycles. The molecular weight excluding hydrogens is 212 g/mol. The third kappa shape index (κ3) is 3.84. The van der Waals surface area contributed by atoms with Crippen LogP contribution < -0.4 is 4.74 Å². The number of methoxy groups -OCH3 is 1. The zero-order valence-electron chi connectivity index (χ0n) is 9.00. The number of ether oxygens (including phenoxy) is 2. The average molecular weight is 227 g/mol. The molecule has 15 heavy (non-hydrogen) atoms. The highest BCUT2D eigenvalue weighted by molar-refractivity contribution is 6.30. The summed E-state index contributed by atoms with van der Waals surface area (Å²) >= 11 is 5.92. The van der Waals surface area contributed by atoms with Gasteiger partial charge >= 0.3 is 0 Å². The van der Waals surface area contributed by atoms with Gasteiger partial charge < -0.3 is 9.47 Å². The molecule has 1 aromatic rings. The SMILES string of the molecule is CCOc1ccc(Cl)cc1C/C=C/OC. The lowest BCUT2D eigenvalue weighted by Gasteiger charge is -2.08. The quantitative estimate of drug-likeness (QED) is 0.716. The van der Waals surface area contributed by atoms with Gasteiger partial charge in [-0.15, -0.1) is 0 Å². The molecule has 0 N–H and O–H groups in total. The molecule has 0 amide bonds. The van der Waals surface area contributed by atoms with Gasteiger partial charge in [0.2, 0.25) is 0 Å². The van der Waals surface area contributed by atoms with E-state index in [2.05, 4.69) is 0 Å². The fourth-order valence-electron chi connectivity index (χ4n) is 1.28. The monoisotopic (exact) mass is 226 g/mol. The molecule has 2 nitrogen and oxygen atoms in total. The normalized spacial score (nSPS) is 10.6. The van der Waals surface area contributed by atoms with E-state index in [1.165, 1.54) is 0 Å². The minimum Gasteiger partial charge on any atom is -0.505 e. The van der Waals surface area contributed by atoms with Crippen molar-refractivity contribution in [3.63, 3.8) is 0 Å². The molecule has 82 valence electrons. The van der Waals surface area contributed by atoms with Gasteiger partial charge in [0.1, 0.15) is 5.75 Å². The summed E-state index contributed by atoms with van der Waals surface area (Å²) in [5, 5.41) is 0.722. The van der Waals surface area contributed by atoms with E-state index < -0.39 is 0 Å². The summed E-state index contributed by atoms with van der Waals surface area (Å²) in [4.78, 5) is 0. The Bertz CT molecular complexity index is 334. The molecular formula is C12H15ClO2. The van der Waals surface area contributed by atoms with Crippen LogP contribution in [0.1, 0.15) is 12.5 Å². The molecule has 0 saturated heterocycles. The van der Waals surface area contributed by atoms with E-state index in [0.717, 1.165) is 22.8 Å². The lowest BCUT2D eigenvalue weighted by molar-refractivity contribution is 0.334. The zero-order valence-corrected chi connectivity index (χ0v) is 9.75. The number of hydrogen-bond donors (Lipinski definition) is 0. The minimum atomic E-state index is 0.655. The molecule has 0 bridgehead atoms. The first-order valence-corrected chi connectivity index (χ1v) is 5.24. The molecule has 3 heteroatoms. The fourth-order valence-corrected chi connectivity index (χ4v) is 1.47. The van der Waals surface area contributed by atoms with Gasteiger partial charge in [0, 0.05) is 5.02 Å². The minimum absolute atomic E-state index is 0.655. The number of allylic oxidation sites excluding steroid dienone is 1. The third-order valence-corrected chi connectivity index (χ3v) is 2.13. The van der Waals surface area contributed by atoms with Gasteiger partial charge in [-0.1, -0.05) is 11.6 Å². The number of halogens is 1. The Morgan fingerprint density at radius 3 is 2.87 bits per heavy atom. The van der Waals surface area contributed by atoms with Crippen LogP contribution in [-0.4, -0.2) is 13.7 Å². The van der Waals surface area contributed by atoms with Crippen LogP contribution in [0.2, 0.25) is 5.02 Å². The highest BCUT2D eigenvalue weighted by Gasteiger charge is 2.02. The number of rotatable bonds is 5. The number of hydrogen-bond acceptors (Lipinski definition) is 2. The molecule has 0 radical (unpaired) electrons. The van der Waals surface area contributed by atoms with Crippen LogP contribution in [0.4, 0.5) is 0 Å². The number of benzene rings is 1. The van der Waals surface area contributed by atoms with Gasteiger partial charge in [0.15, 0.2) is 0 Å². The Morgan fingerprint density at radius 1 is 1.40 bits per heavy atom. The van der Waals surface area contributed by atoms with Crippen molar-refractivity contribution in [3.8, 4) is 5.75 Å².